The van der Waals surface area contributed by atoms with Crippen LogP contribution in [0.5, 0.6) is 11.5 Å². The van der Waals surface area contributed by atoms with Gasteiger partial charge in [-0.25, -0.2) is 0 Å². The highest BCUT2D eigenvalue weighted by Crippen LogP contribution is 2.41. The highest BCUT2D eigenvalue weighted by molar-refractivity contribution is 7.86. The van der Waals surface area contributed by atoms with Crippen molar-refractivity contribution in [3.63, 3.8) is 0 Å². The van der Waals surface area contributed by atoms with Crippen molar-refractivity contribution in [1.29, 1.82) is 0 Å². The lowest BCUT2D eigenvalue weighted by Crippen LogP contribution is -2.53. The molecule has 3 aromatic rings. The number of allylic oxidation sites excluding steroid dienone is 2. The number of aliphatic imine (C=N–C) groups is 2. The first-order chi connectivity index (χ1) is 19.8. The van der Waals surface area contributed by atoms with E-state index in [1.54, 1.807) is 30.5 Å². The number of nitrogens with zero attached hydrogens (tertiary/aromatic N) is 3. The molecule has 1 atom stereocenters. The number of rotatable bonds is 8. The number of benzene rings is 3. The number of fused-ring (bicyclic) bond motifs is 1. The fraction of sp³-hybridized carbons (Fsp3) is 0.250. The second-order valence-electron chi connectivity index (χ2n) is 10.8. The quantitative estimate of drug-likeness (QED) is 0.197. The molecule has 1 unspecified atom stereocenters. The molecule has 0 aromatic heterocycles. The number of amidine groups is 1. The van der Waals surface area contributed by atoms with Gasteiger partial charge >= 0.3 is 0 Å². The van der Waals surface area contributed by atoms with Gasteiger partial charge in [0.15, 0.2) is 0 Å². The number of quaternary nitrogens is 1. The molecule has 1 aliphatic carbocycles. The third-order valence-electron chi connectivity index (χ3n) is 7.92. The summed E-state index contributed by atoms with van der Waals surface area (Å²) in [5.74, 6) is 9.54. The molecule has 41 heavy (non-hydrogen) atoms. The lowest BCUT2D eigenvalue weighted by Gasteiger charge is -2.29. The zero-order valence-electron chi connectivity index (χ0n) is 22.9. The van der Waals surface area contributed by atoms with Gasteiger partial charge in [0.2, 0.25) is 5.70 Å². The summed E-state index contributed by atoms with van der Waals surface area (Å²) in [7, 11) is -3.77. The maximum Gasteiger partial charge on any atom is 0.296 e. The smallest absolute Gasteiger partial charge is 0.296 e. The summed E-state index contributed by atoms with van der Waals surface area (Å²) < 4.78 is 36.7. The van der Waals surface area contributed by atoms with Crippen LogP contribution in [0.2, 0.25) is 0 Å². The van der Waals surface area contributed by atoms with Gasteiger partial charge in [-0.2, -0.15) is 19.3 Å². The van der Waals surface area contributed by atoms with Crippen molar-refractivity contribution >= 4 is 22.2 Å². The van der Waals surface area contributed by atoms with Gasteiger partial charge in [-0.05, 0) is 87.1 Å². The van der Waals surface area contributed by atoms with Gasteiger partial charge in [0, 0.05) is 5.92 Å². The number of hydrogen-bond acceptors (Lipinski definition) is 7. The highest BCUT2D eigenvalue weighted by Gasteiger charge is 2.46. The number of nitrogens with two attached hydrogens (primary N) is 1. The van der Waals surface area contributed by atoms with Crippen LogP contribution in [0.15, 0.2) is 118 Å². The van der Waals surface area contributed by atoms with Crippen molar-refractivity contribution in [3.05, 3.63) is 114 Å². The first-order valence-electron chi connectivity index (χ1n) is 13.8. The normalized spacial score (nSPS) is 23.8. The van der Waals surface area contributed by atoms with Gasteiger partial charge < -0.3 is 4.74 Å². The molecule has 6 rings (SSSR count). The summed E-state index contributed by atoms with van der Waals surface area (Å²) in [5.41, 5.74) is 3.73. The van der Waals surface area contributed by atoms with Crippen LogP contribution in [-0.4, -0.2) is 31.7 Å². The zero-order chi connectivity index (χ0) is 28.5. The Morgan fingerprint density at radius 2 is 1.59 bits per heavy atom. The fourth-order valence-corrected chi connectivity index (χ4v) is 6.54. The molecule has 0 amide bonds. The monoisotopic (exact) mass is 569 g/mol. The molecule has 1 fully saturated rings. The molecule has 0 radical (unpaired) electrons. The fourth-order valence-electron chi connectivity index (χ4n) is 5.56. The molecule has 3 aliphatic rings. The van der Waals surface area contributed by atoms with Crippen molar-refractivity contribution in [2.45, 2.75) is 37.5 Å². The van der Waals surface area contributed by atoms with Gasteiger partial charge in [-0.1, -0.05) is 35.9 Å². The molecule has 2 heterocycles. The van der Waals surface area contributed by atoms with Crippen molar-refractivity contribution < 1.29 is 21.9 Å². The molecule has 9 heteroatoms. The van der Waals surface area contributed by atoms with E-state index in [1.807, 2.05) is 73.9 Å². The van der Waals surface area contributed by atoms with E-state index < -0.39 is 10.1 Å². The SMILES string of the molecule is Cc1ccc(S(=O)(=O)OCC2CCC(C3=C4C=NC=C[N+]4(N)C(c4ccc(Oc5ccccc5)cc4)=N3)CC2)cc1. The molecule has 2 aliphatic heterocycles. The third kappa shape index (κ3) is 5.67. The molecular weight excluding hydrogens is 536 g/mol. The highest BCUT2D eigenvalue weighted by atomic mass is 32.2. The van der Waals surface area contributed by atoms with E-state index in [9.17, 15) is 8.42 Å². The second-order valence-corrected chi connectivity index (χ2v) is 12.4. The molecule has 0 bridgehead atoms. The van der Waals surface area contributed by atoms with Crippen LogP contribution in [0.4, 0.5) is 0 Å². The van der Waals surface area contributed by atoms with Crippen molar-refractivity contribution in [2.75, 3.05) is 6.61 Å². The largest absolute Gasteiger partial charge is 0.457 e. The standard InChI is InChI=1S/C32H33N4O4S/c1-23-7-17-29(18-8-23)41(37,38)39-22-24-9-11-25(12-10-24)31-30-21-34-19-20-36(30,33)32(35-31)26-13-15-28(16-14-26)40-27-5-3-2-4-6-27/h2-8,13-21,24-25H,9-12,22,33H2,1H3/q+1. The van der Waals surface area contributed by atoms with Crippen molar-refractivity contribution in [1.82, 2.24) is 0 Å². The molecule has 210 valence electrons. The van der Waals surface area contributed by atoms with Crippen molar-refractivity contribution in [2.24, 2.45) is 27.7 Å². The molecule has 1 saturated carbocycles. The van der Waals surface area contributed by atoms with Crippen LogP contribution in [0.1, 0.15) is 36.8 Å². The van der Waals surface area contributed by atoms with Crippen molar-refractivity contribution in [3.8, 4) is 11.5 Å². The summed E-state index contributed by atoms with van der Waals surface area (Å²) in [6.45, 7) is 2.10. The van der Waals surface area contributed by atoms with E-state index in [4.69, 9.17) is 19.8 Å². The van der Waals surface area contributed by atoms with E-state index in [0.29, 0.717) is 0 Å². The van der Waals surface area contributed by atoms with Crippen LogP contribution >= 0.6 is 0 Å². The average molecular weight is 570 g/mol. The first-order valence-corrected chi connectivity index (χ1v) is 15.2. The summed E-state index contributed by atoms with van der Waals surface area (Å²) in [6.07, 6.45) is 8.80. The van der Waals surface area contributed by atoms with Crippen LogP contribution in [0, 0.1) is 18.8 Å². The van der Waals surface area contributed by atoms with Crippen LogP contribution < -0.4 is 10.6 Å². The third-order valence-corrected chi connectivity index (χ3v) is 9.21. The summed E-state index contributed by atoms with van der Waals surface area (Å²) in [6, 6.07) is 24.2. The lowest BCUT2D eigenvalue weighted by molar-refractivity contribution is -0.750. The van der Waals surface area contributed by atoms with Gasteiger partial charge in [-0.3, -0.25) is 9.18 Å². The minimum absolute atomic E-state index is 0.0322. The van der Waals surface area contributed by atoms with Crippen LogP contribution in [0.3, 0.4) is 0 Å². The topological polar surface area (TPSA) is 103 Å². The average Bonchev–Trinajstić information content (AvgIpc) is 3.30. The molecule has 0 saturated heterocycles. The Balaban J connectivity index is 1.14. The number of ether oxygens (including phenoxy) is 1. The predicted octanol–water partition coefficient (Wildman–Crippen LogP) is 6.22. The Morgan fingerprint density at radius 3 is 2.29 bits per heavy atom. The zero-order valence-corrected chi connectivity index (χ0v) is 23.7. The van der Waals surface area contributed by atoms with Gasteiger partial charge in [0.25, 0.3) is 16.0 Å². The predicted molar refractivity (Wildman–Crippen MR) is 158 cm³/mol. The second kappa shape index (κ2) is 11.2. The van der Waals surface area contributed by atoms with E-state index >= 15 is 0 Å². The van der Waals surface area contributed by atoms with E-state index in [2.05, 4.69) is 4.99 Å². The van der Waals surface area contributed by atoms with E-state index in [0.717, 1.165) is 65.5 Å². The maximum absolute atomic E-state index is 12.6. The molecule has 3 aromatic carbocycles. The Morgan fingerprint density at radius 1 is 0.902 bits per heavy atom. The molecule has 8 nitrogen and oxygen atoms in total. The minimum Gasteiger partial charge on any atom is -0.457 e. The number of para-hydroxylation sites is 1. The summed E-state index contributed by atoms with van der Waals surface area (Å²) >= 11 is 0. The number of hydrogen-bond donors (Lipinski definition) is 1. The molecule has 0 spiro atoms. The Kier molecular flexibility index (Phi) is 7.44. The maximum atomic E-state index is 12.6. The molecule has 2 N–H and O–H groups in total. The number of aryl methyl sites for hydroxylation is 1. The molecular formula is C32H33N4O4S+. The first kappa shape index (κ1) is 27.3. The van der Waals surface area contributed by atoms with Crippen LogP contribution in [0.25, 0.3) is 0 Å². The Labute approximate surface area is 240 Å². The van der Waals surface area contributed by atoms with E-state index in [1.165, 1.54) is 0 Å². The summed E-state index contributed by atoms with van der Waals surface area (Å²) in [4.78, 5) is 9.66. The van der Waals surface area contributed by atoms with Gasteiger partial charge in [-0.15, -0.1) is 4.59 Å². The van der Waals surface area contributed by atoms with Crippen LogP contribution in [-0.2, 0) is 14.3 Å². The lowest BCUT2D eigenvalue weighted by atomic mass is 9.80. The Bertz CT molecular complexity index is 1640. The minimum atomic E-state index is -3.77. The van der Waals surface area contributed by atoms with Gasteiger partial charge in [0.05, 0.1) is 29.5 Å². The van der Waals surface area contributed by atoms with Gasteiger partial charge in [0.1, 0.15) is 23.4 Å². The summed E-state index contributed by atoms with van der Waals surface area (Å²) in [5, 5.41) is 0. The Hall–Kier alpha value is -3.89. The van der Waals surface area contributed by atoms with E-state index in [-0.39, 0.29) is 27.9 Å².